The maximum Gasteiger partial charge on any atom is 0.426 e. The van der Waals surface area contributed by atoms with Gasteiger partial charge in [-0.3, -0.25) is 0 Å². The van der Waals surface area contributed by atoms with Crippen LogP contribution in [-0.4, -0.2) is 82.4 Å². The number of para-hydroxylation sites is 3. The molecule has 0 spiro atoms. The van der Waals surface area contributed by atoms with Crippen LogP contribution in [0, 0.1) is 0 Å². The van der Waals surface area contributed by atoms with E-state index in [1.54, 1.807) is 5.06 Å². The molecule has 0 bridgehead atoms. The number of rotatable bonds is 7. The van der Waals surface area contributed by atoms with E-state index in [-0.39, 0.29) is 18.1 Å². The van der Waals surface area contributed by atoms with E-state index in [1.807, 2.05) is 41.3 Å². The Kier molecular flexibility index (Phi) is 10.0. The van der Waals surface area contributed by atoms with Gasteiger partial charge in [-0.15, -0.1) is 5.06 Å². The van der Waals surface area contributed by atoms with Crippen molar-refractivity contribution < 1.29 is 14.4 Å². The Morgan fingerprint density at radius 1 is 0.938 bits per heavy atom. The van der Waals surface area contributed by atoms with Crippen molar-refractivity contribution >= 4 is 60.7 Å². The van der Waals surface area contributed by atoms with E-state index in [0.29, 0.717) is 26.1 Å². The van der Waals surface area contributed by atoms with Gasteiger partial charge in [-0.2, -0.15) is 0 Å². The van der Waals surface area contributed by atoms with E-state index in [4.69, 9.17) is 9.82 Å². The number of hydrogen-bond acceptors (Lipinski definition) is 6. The number of hydrogen-bond donors (Lipinski definition) is 2. The zero-order valence-electron chi connectivity index (χ0n) is 27.1. The number of imidazole rings is 1. The molecule has 0 saturated carbocycles. The van der Waals surface area contributed by atoms with Gasteiger partial charge in [0, 0.05) is 52.8 Å². The quantitative estimate of drug-likeness (QED) is 0.205. The fourth-order valence-electron chi connectivity index (χ4n) is 7.32. The van der Waals surface area contributed by atoms with Gasteiger partial charge in [0.15, 0.2) is 0 Å². The van der Waals surface area contributed by atoms with Crippen molar-refractivity contribution in [3.05, 3.63) is 92.6 Å². The Balaban J connectivity index is 1.07. The van der Waals surface area contributed by atoms with E-state index >= 15 is 0 Å². The number of nitrogens with one attached hydrogen (secondary N) is 2. The van der Waals surface area contributed by atoms with Crippen LogP contribution in [0.1, 0.15) is 54.7 Å². The first-order valence-corrected chi connectivity index (χ1v) is 18.4. The van der Waals surface area contributed by atoms with Crippen molar-refractivity contribution in [3.63, 3.8) is 0 Å². The highest BCUT2D eigenvalue weighted by atomic mass is 79.9. The molecule has 252 valence electrons. The fourth-order valence-corrected chi connectivity index (χ4v) is 8.00. The summed E-state index contributed by atoms with van der Waals surface area (Å²) in [6, 6.07) is 22.3. The zero-order valence-corrected chi connectivity index (χ0v) is 30.2. The van der Waals surface area contributed by atoms with Crippen LogP contribution in [0.3, 0.4) is 0 Å². The summed E-state index contributed by atoms with van der Waals surface area (Å²) in [5.74, 6) is 0.841. The lowest BCUT2D eigenvalue weighted by Gasteiger charge is -2.37. The van der Waals surface area contributed by atoms with Crippen LogP contribution in [0.5, 0.6) is 0 Å². The van der Waals surface area contributed by atoms with E-state index in [9.17, 15) is 9.59 Å². The number of aromatic nitrogens is 2. The van der Waals surface area contributed by atoms with E-state index < -0.39 is 12.1 Å². The van der Waals surface area contributed by atoms with Gasteiger partial charge in [-0.1, -0.05) is 36.4 Å². The fraction of sp³-hybridized carbons (Fsp3) is 0.417. The van der Waals surface area contributed by atoms with Crippen molar-refractivity contribution in [1.82, 2.24) is 29.7 Å². The molecule has 1 atom stereocenters. The molecule has 2 N–H and O–H groups in total. The molecule has 3 amide bonds. The smallest absolute Gasteiger partial charge is 0.351 e. The number of piperidine rings is 2. The largest absolute Gasteiger partial charge is 0.426 e. The first-order chi connectivity index (χ1) is 23.3. The summed E-state index contributed by atoms with van der Waals surface area (Å²) in [5, 5.41) is 8.02. The first kappa shape index (κ1) is 33.1. The summed E-state index contributed by atoms with van der Waals surface area (Å²) < 4.78 is 4.28. The maximum absolute atomic E-state index is 13.6. The van der Waals surface area contributed by atoms with E-state index in [1.165, 1.54) is 0 Å². The van der Waals surface area contributed by atoms with Crippen LogP contribution in [-0.2, 0) is 17.7 Å². The molecule has 2 fully saturated rings. The molecule has 7 rings (SSSR count). The highest BCUT2D eigenvalue weighted by molar-refractivity contribution is 9.13. The number of halogens is 2. The standard InChI is InChI=1S/C36H41Br2N7O3/c1-42-17-13-27(14-18-42)45-33-9-5-4-8-31(33)39-34(45)32(23-24-10-11-28(37)29(38)22-24)41-36(47)48-43-19-15-26(16-20-43)44-21-12-25-6-2-3-7-30(25)40-35(44)46/h2-11,22,26-27,32H,12-21,23H2,1H3,(H,40,46)(H,41,47). The molecule has 48 heavy (non-hydrogen) atoms. The average molecular weight is 780 g/mol. The molecule has 1 unspecified atom stereocenters. The van der Waals surface area contributed by atoms with Gasteiger partial charge in [0.2, 0.25) is 0 Å². The molecular weight excluding hydrogens is 738 g/mol. The molecule has 0 aliphatic carbocycles. The van der Waals surface area contributed by atoms with Gasteiger partial charge in [-0.05, 0) is 126 Å². The number of likely N-dealkylation sites (tertiary alicyclic amines) is 1. The summed E-state index contributed by atoms with van der Waals surface area (Å²) in [6.07, 6.45) is 4.33. The number of nitrogens with zero attached hydrogens (tertiary/aromatic N) is 5. The molecule has 3 aliphatic heterocycles. The Labute approximate surface area is 298 Å². The van der Waals surface area contributed by atoms with E-state index in [0.717, 1.165) is 87.8 Å². The number of benzene rings is 3. The maximum atomic E-state index is 13.6. The van der Waals surface area contributed by atoms with Gasteiger partial charge < -0.3 is 29.8 Å². The van der Waals surface area contributed by atoms with Gasteiger partial charge in [0.25, 0.3) is 0 Å². The zero-order chi connectivity index (χ0) is 33.2. The monoisotopic (exact) mass is 777 g/mol. The predicted octanol–water partition coefficient (Wildman–Crippen LogP) is 7.31. The van der Waals surface area contributed by atoms with Gasteiger partial charge in [0.05, 0.1) is 17.1 Å². The highest BCUT2D eigenvalue weighted by Crippen LogP contribution is 2.33. The minimum Gasteiger partial charge on any atom is -0.351 e. The predicted molar refractivity (Wildman–Crippen MR) is 194 cm³/mol. The number of amides is 3. The van der Waals surface area contributed by atoms with Crippen molar-refractivity contribution in [3.8, 4) is 0 Å². The Morgan fingerprint density at radius 2 is 1.67 bits per heavy atom. The number of hydroxylamine groups is 2. The molecule has 0 radical (unpaired) electrons. The third kappa shape index (κ3) is 7.27. The summed E-state index contributed by atoms with van der Waals surface area (Å²) in [7, 11) is 2.17. The lowest BCUT2D eigenvalue weighted by Crippen LogP contribution is -2.49. The van der Waals surface area contributed by atoms with Crippen LogP contribution >= 0.6 is 31.9 Å². The van der Waals surface area contributed by atoms with E-state index in [2.05, 4.69) is 89.3 Å². The van der Waals surface area contributed by atoms with Crippen molar-refractivity contribution in [2.24, 2.45) is 0 Å². The molecule has 3 aromatic carbocycles. The van der Waals surface area contributed by atoms with Crippen LogP contribution in [0.25, 0.3) is 11.0 Å². The third-order valence-electron chi connectivity index (χ3n) is 9.92. The minimum absolute atomic E-state index is 0.0630. The number of carbonyl (C=O) groups is 2. The molecule has 1 aromatic heterocycles. The first-order valence-electron chi connectivity index (χ1n) is 16.8. The van der Waals surface area contributed by atoms with Gasteiger partial charge in [0.1, 0.15) is 5.82 Å². The number of urea groups is 1. The summed E-state index contributed by atoms with van der Waals surface area (Å²) in [5.41, 5.74) is 5.11. The normalized spacial score (nSPS) is 19.1. The second-order valence-corrected chi connectivity index (χ2v) is 14.8. The van der Waals surface area contributed by atoms with Gasteiger partial charge >= 0.3 is 12.1 Å². The molecule has 12 heteroatoms. The second-order valence-electron chi connectivity index (χ2n) is 13.1. The Morgan fingerprint density at radius 3 is 2.46 bits per heavy atom. The Bertz CT molecular complexity index is 1780. The summed E-state index contributed by atoms with van der Waals surface area (Å²) in [6.45, 7) is 3.79. The molecular formula is C36H41Br2N7O3. The molecule has 10 nitrogen and oxygen atoms in total. The SMILES string of the molecule is CN1CCC(n2c(C(Cc3ccc(Br)c(Br)c3)NC(=O)ON3CCC(N4CCc5ccccc5NC4=O)CC3)nc3ccccc32)CC1. The van der Waals surface area contributed by atoms with Gasteiger partial charge in [-0.25, -0.2) is 14.6 Å². The third-order valence-corrected chi connectivity index (χ3v) is 11.8. The molecule has 4 aromatic rings. The highest BCUT2D eigenvalue weighted by Gasteiger charge is 2.33. The topological polar surface area (TPSA) is 95.0 Å². The van der Waals surface area contributed by atoms with Crippen LogP contribution in [0.2, 0.25) is 0 Å². The van der Waals surface area contributed by atoms with Crippen LogP contribution in [0.4, 0.5) is 15.3 Å². The van der Waals surface area contributed by atoms with Crippen molar-refractivity contribution in [1.29, 1.82) is 0 Å². The molecule has 2 saturated heterocycles. The summed E-state index contributed by atoms with van der Waals surface area (Å²) in [4.78, 5) is 42.1. The second kappa shape index (κ2) is 14.6. The van der Waals surface area contributed by atoms with Crippen molar-refractivity contribution in [2.75, 3.05) is 45.1 Å². The molecule has 4 heterocycles. The lowest BCUT2D eigenvalue weighted by atomic mass is 10.0. The van der Waals surface area contributed by atoms with Crippen LogP contribution < -0.4 is 10.6 Å². The Hall–Kier alpha value is -3.45. The lowest BCUT2D eigenvalue weighted by molar-refractivity contribution is -0.120. The minimum atomic E-state index is -0.500. The van der Waals surface area contributed by atoms with Crippen LogP contribution in [0.15, 0.2) is 75.7 Å². The number of carbonyl (C=O) groups excluding carboxylic acids is 2. The van der Waals surface area contributed by atoms with Crippen molar-refractivity contribution in [2.45, 2.75) is 56.7 Å². The molecule has 3 aliphatic rings. The summed E-state index contributed by atoms with van der Waals surface area (Å²) >= 11 is 7.23. The average Bonchev–Trinajstić information content (AvgIpc) is 3.39. The number of fused-ring (bicyclic) bond motifs is 2. The number of anilines is 1.